The van der Waals surface area contributed by atoms with Crippen molar-refractivity contribution < 1.29 is 18.7 Å². The van der Waals surface area contributed by atoms with Crippen LogP contribution in [0, 0.1) is 0 Å². The standard InChI is InChI=1S/C21H20ClN3O4S/c1-2-24-19(26)17(13-16-7-8-18(29-16)23-9-11-28-12-10-23)20(27)25(21(24)30)15-5-3-14(22)4-6-15/h3-8,13H,2,9-12H2,1H3. The lowest BCUT2D eigenvalue weighted by molar-refractivity contribution is -0.127. The van der Waals surface area contributed by atoms with E-state index < -0.39 is 11.8 Å². The highest BCUT2D eigenvalue weighted by atomic mass is 35.5. The van der Waals surface area contributed by atoms with Crippen LogP contribution in [0.3, 0.4) is 0 Å². The van der Waals surface area contributed by atoms with Gasteiger partial charge in [0.25, 0.3) is 11.8 Å². The highest BCUT2D eigenvalue weighted by Gasteiger charge is 2.39. The van der Waals surface area contributed by atoms with E-state index in [1.165, 1.54) is 15.9 Å². The topological polar surface area (TPSA) is 66.2 Å². The van der Waals surface area contributed by atoms with Crippen LogP contribution < -0.4 is 9.80 Å². The van der Waals surface area contributed by atoms with Crippen LogP contribution in [0.4, 0.5) is 11.6 Å². The summed E-state index contributed by atoms with van der Waals surface area (Å²) in [5.74, 6) is 0.162. The molecular formula is C21H20ClN3O4S. The first-order valence-electron chi connectivity index (χ1n) is 9.59. The number of morpholine rings is 1. The number of carbonyl (C=O) groups is 2. The zero-order chi connectivity index (χ0) is 21.3. The van der Waals surface area contributed by atoms with Gasteiger partial charge in [-0.15, -0.1) is 0 Å². The maximum Gasteiger partial charge on any atom is 0.270 e. The van der Waals surface area contributed by atoms with Crippen molar-refractivity contribution in [2.75, 3.05) is 42.6 Å². The second kappa shape index (κ2) is 8.59. The fourth-order valence-electron chi connectivity index (χ4n) is 3.39. The fraction of sp³-hybridized carbons (Fsp3) is 0.286. The summed E-state index contributed by atoms with van der Waals surface area (Å²) >= 11 is 11.4. The van der Waals surface area contributed by atoms with Crippen LogP contribution in [0.25, 0.3) is 6.08 Å². The molecule has 0 N–H and O–H groups in total. The molecule has 2 aromatic rings. The van der Waals surface area contributed by atoms with Crippen molar-refractivity contribution in [2.24, 2.45) is 0 Å². The average molecular weight is 446 g/mol. The summed E-state index contributed by atoms with van der Waals surface area (Å²) < 4.78 is 11.2. The predicted molar refractivity (Wildman–Crippen MR) is 119 cm³/mol. The van der Waals surface area contributed by atoms with Gasteiger partial charge in [0.15, 0.2) is 11.0 Å². The average Bonchev–Trinajstić information content (AvgIpc) is 3.22. The number of rotatable bonds is 4. The molecule has 1 aromatic carbocycles. The van der Waals surface area contributed by atoms with Crippen LogP contribution in [0.2, 0.25) is 5.02 Å². The largest absolute Gasteiger partial charge is 0.441 e. The highest BCUT2D eigenvalue weighted by molar-refractivity contribution is 7.80. The van der Waals surface area contributed by atoms with Crippen molar-refractivity contribution >= 4 is 58.4 Å². The van der Waals surface area contributed by atoms with Gasteiger partial charge >= 0.3 is 0 Å². The highest BCUT2D eigenvalue weighted by Crippen LogP contribution is 2.28. The summed E-state index contributed by atoms with van der Waals surface area (Å²) in [4.78, 5) is 31.0. The van der Waals surface area contributed by atoms with Crippen molar-refractivity contribution in [3.8, 4) is 0 Å². The molecular weight excluding hydrogens is 426 g/mol. The van der Waals surface area contributed by atoms with Gasteiger partial charge in [0.1, 0.15) is 11.3 Å². The number of ether oxygens (including phenoxy) is 1. The van der Waals surface area contributed by atoms with Gasteiger partial charge in [-0.3, -0.25) is 19.4 Å². The number of likely N-dealkylation sites (N-methyl/N-ethyl adjacent to an activating group) is 1. The van der Waals surface area contributed by atoms with Crippen molar-refractivity contribution in [3.05, 3.63) is 52.8 Å². The molecule has 1 aromatic heterocycles. The number of carbonyl (C=O) groups excluding carboxylic acids is 2. The SMILES string of the molecule is CCN1C(=O)C(=Cc2ccc(N3CCOCC3)o2)C(=O)N(c2ccc(Cl)cc2)C1=S. The summed E-state index contributed by atoms with van der Waals surface area (Å²) in [5, 5.41) is 0.681. The van der Waals surface area contributed by atoms with E-state index in [1.54, 1.807) is 37.3 Å². The Morgan fingerprint density at radius 3 is 2.43 bits per heavy atom. The van der Waals surface area contributed by atoms with Crippen LogP contribution >= 0.6 is 23.8 Å². The van der Waals surface area contributed by atoms with E-state index in [9.17, 15) is 9.59 Å². The van der Waals surface area contributed by atoms with Crippen molar-refractivity contribution in [3.63, 3.8) is 0 Å². The molecule has 0 aliphatic carbocycles. The molecule has 9 heteroatoms. The lowest BCUT2D eigenvalue weighted by atomic mass is 10.1. The summed E-state index contributed by atoms with van der Waals surface area (Å²) in [5.41, 5.74) is 0.531. The number of nitrogens with zero attached hydrogens (tertiary/aromatic N) is 3. The number of hydrogen-bond acceptors (Lipinski definition) is 6. The Morgan fingerprint density at radius 1 is 1.07 bits per heavy atom. The minimum absolute atomic E-state index is 0.0109. The number of amides is 2. The quantitative estimate of drug-likeness (QED) is 0.408. The third-order valence-electron chi connectivity index (χ3n) is 4.95. The molecule has 0 unspecified atom stereocenters. The van der Waals surface area contributed by atoms with E-state index >= 15 is 0 Å². The van der Waals surface area contributed by atoms with Gasteiger partial charge in [-0.25, -0.2) is 0 Å². The zero-order valence-corrected chi connectivity index (χ0v) is 17.9. The van der Waals surface area contributed by atoms with E-state index in [0.717, 1.165) is 13.1 Å². The number of hydrogen-bond donors (Lipinski definition) is 0. The molecule has 2 fully saturated rings. The van der Waals surface area contributed by atoms with Crippen LogP contribution in [0.5, 0.6) is 0 Å². The molecule has 0 saturated carbocycles. The van der Waals surface area contributed by atoms with Crippen molar-refractivity contribution in [2.45, 2.75) is 6.92 Å². The minimum atomic E-state index is -0.499. The van der Waals surface area contributed by atoms with E-state index in [-0.39, 0.29) is 10.7 Å². The zero-order valence-electron chi connectivity index (χ0n) is 16.3. The lowest BCUT2D eigenvalue weighted by Gasteiger charge is -2.35. The molecule has 0 atom stereocenters. The number of furan rings is 1. The minimum Gasteiger partial charge on any atom is -0.441 e. The van der Waals surface area contributed by atoms with Gasteiger partial charge in [-0.1, -0.05) is 11.6 Å². The van der Waals surface area contributed by atoms with E-state index in [4.69, 9.17) is 33.0 Å². The first-order valence-corrected chi connectivity index (χ1v) is 10.4. The number of anilines is 2. The van der Waals surface area contributed by atoms with Crippen LogP contribution in [-0.2, 0) is 14.3 Å². The smallest absolute Gasteiger partial charge is 0.270 e. The Balaban J connectivity index is 1.68. The Kier molecular flexibility index (Phi) is 5.90. The maximum atomic E-state index is 13.2. The van der Waals surface area contributed by atoms with E-state index in [1.807, 2.05) is 6.07 Å². The molecule has 3 heterocycles. The summed E-state index contributed by atoms with van der Waals surface area (Å²) in [6, 6.07) is 10.3. The third-order valence-corrected chi connectivity index (χ3v) is 5.61. The van der Waals surface area contributed by atoms with E-state index in [0.29, 0.717) is 42.1 Å². The van der Waals surface area contributed by atoms with Gasteiger partial charge in [-0.2, -0.15) is 0 Å². The number of halogens is 1. The van der Waals surface area contributed by atoms with Gasteiger partial charge in [0.05, 0.1) is 18.9 Å². The van der Waals surface area contributed by atoms with Gasteiger partial charge in [0, 0.05) is 30.7 Å². The Labute approximate surface area is 184 Å². The second-order valence-corrected chi connectivity index (χ2v) is 7.58. The Hall–Kier alpha value is -2.68. The predicted octanol–water partition coefficient (Wildman–Crippen LogP) is 3.33. The van der Waals surface area contributed by atoms with Crippen molar-refractivity contribution in [1.82, 2.24) is 4.90 Å². The Bertz CT molecular complexity index is 1010. The molecule has 2 amide bonds. The molecule has 2 saturated heterocycles. The first-order chi connectivity index (χ1) is 14.5. The second-order valence-electron chi connectivity index (χ2n) is 6.78. The maximum absolute atomic E-state index is 13.2. The summed E-state index contributed by atoms with van der Waals surface area (Å²) in [7, 11) is 0. The molecule has 7 nitrogen and oxygen atoms in total. The fourth-order valence-corrected chi connectivity index (χ4v) is 3.91. The molecule has 0 radical (unpaired) electrons. The molecule has 30 heavy (non-hydrogen) atoms. The van der Waals surface area contributed by atoms with Crippen LogP contribution in [0.1, 0.15) is 12.7 Å². The molecule has 156 valence electrons. The van der Waals surface area contributed by atoms with Crippen LogP contribution in [-0.4, -0.2) is 54.7 Å². The van der Waals surface area contributed by atoms with Crippen LogP contribution in [0.15, 0.2) is 46.4 Å². The lowest BCUT2D eigenvalue weighted by Crippen LogP contribution is -2.56. The number of benzene rings is 1. The van der Waals surface area contributed by atoms with Crippen molar-refractivity contribution in [1.29, 1.82) is 0 Å². The van der Waals surface area contributed by atoms with Gasteiger partial charge in [-0.05, 0) is 55.5 Å². The normalized spacial score (nSPS) is 19.2. The summed E-state index contributed by atoms with van der Waals surface area (Å²) in [6.07, 6.45) is 1.47. The monoisotopic (exact) mass is 445 g/mol. The Morgan fingerprint density at radius 2 is 1.77 bits per heavy atom. The van der Waals surface area contributed by atoms with E-state index in [2.05, 4.69) is 4.90 Å². The number of thiocarbonyl (C=S) groups is 1. The third kappa shape index (κ3) is 3.86. The molecule has 2 aliphatic rings. The molecule has 0 bridgehead atoms. The van der Waals surface area contributed by atoms with Gasteiger partial charge in [0.2, 0.25) is 0 Å². The van der Waals surface area contributed by atoms with Gasteiger partial charge < -0.3 is 14.1 Å². The molecule has 2 aliphatic heterocycles. The molecule has 0 spiro atoms. The first kappa shape index (κ1) is 20.6. The summed E-state index contributed by atoms with van der Waals surface area (Å²) in [6.45, 7) is 4.86. The molecule has 4 rings (SSSR count).